The fraction of sp³-hybridized carbons (Fsp3) is 0.143. The number of benzene rings is 1. The summed E-state index contributed by atoms with van der Waals surface area (Å²) in [5, 5.41) is 10.2. The quantitative estimate of drug-likeness (QED) is 0.753. The van der Waals surface area contributed by atoms with Crippen LogP contribution in [0.15, 0.2) is 28.7 Å². The van der Waals surface area contributed by atoms with Crippen molar-refractivity contribution in [2.24, 2.45) is 0 Å². The molecule has 6 heteroatoms. The van der Waals surface area contributed by atoms with Crippen LogP contribution in [0.2, 0.25) is 0 Å². The first-order valence-corrected chi connectivity index (χ1v) is 6.78. The lowest BCUT2D eigenvalue weighted by atomic mass is 10.2. The minimum Gasteiger partial charge on any atom is -0.504 e. The van der Waals surface area contributed by atoms with Crippen LogP contribution in [0.5, 0.6) is 11.5 Å². The van der Waals surface area contributed by atoms with E-state index in [2.05, 4.69) is 30.9 Å². The maximum atomic E-state index is 10.2. The number of halogens is 1. The standard InChI is InChI=1S/C14H12BrN3O2/c1-7-9(15)6-10-14(16-7)18-13(17-10)8-4-3-5-11(20-2)12(8)19/h3-6,19H,1-2H3,(H,16,17,18). The highest BCUT2D eigenvalue weighted by Crippen LogP contribution is 2.36. The predicted octanol–water partition coefficient (Wildman–Crippen LogP) is 3.41. The predicted molar refractivity (Wildman–Crippen MR) is 80.0 cm³/mol. The number of para-hydroxylation sites is 1. The molecule has 0 amide bonds. The van der Waals surface area contributed by atoms with Crippen molar-refractivity contribution in [2.75, 3.05) is 7.11 Å². The van der Waals surface area contributed by atoms with E-state index >= 15 is 0 Å². The molecule has 2 aromatic heterocycles. The minimum atomic E-state index is 0.0600. The van der Waals surface area contributed by atoms with Crippen molar-refractivity contribution in [1.82, 2.24) is 15.0 Å². The van der Waals surface area contributed by atoms with E-state index in [1.54, 1.807) is 18.2 Å². The van der Waals surface area contributed by atoms with Crippen molar-refractivity contribution in [2.45, 2.75) is 6.92 Å². The molecule has 0 bridgehead atoms. The summed E-state index contributed by atoms with van der Waals surface area (Å²) in [5.74, 6) is 1.03. The number of methoxy groups -OCH3 is 1. The molecule has 0 unspecified atom stereocenters. The van der Waals surface area contributed by atoms with Gasteiger partial charge in [-0.25, -0.2) is 9.97 Å². The monoisotopic (exact) mass is 333 g/mol. The lowest BCUT2D eigenvalue weighted by molar-refractivity contribution is 0.374. The molecular weight excluding hydrogens is 322 g/mol. The first-order valence-electron chi connectivity index (χ1n) is 5.99. The number of nitrogens with zero attached hydrogens (tertiary/aromatic N) is 2. The SMILES string of the molecule is COc1cccc(-c2nc3nc(C)c(Br)cc3[nH]2)c1O. The number of phenols is 1. The summed E-state index contributed by atoms with van der Waals surface area (Å²) in [7, 11) is 1.51. The Labute approximate surface area is 123 Å². The van der Waals surface area contributed by atoms with Gasteiger partial charge in [0.15, 0.2) is 17.1 Å². The van der Waals surface area contributed by atoms with E-state index in [1.165, 1.54) is 7.11 Å². The highest BCUT2D eigenvalue weighted by atomic mass is 79.9. The fourth-order valence-corrected chi connectivity index (χ4v) is 2.33. The Kier molecular flexibility index (Phi) is 3.10. The molecule has 0 fully saturated rings. The van der Waals surface area contributed by atoms with Crippen molar-refractivity contribution in [3.8, 4) is 22.9 Å². The highest BCUT2D eigenvalue weighted by molar-refractivity contribution is 9.10. The van der Waals surface area contributed by atoms with Crippen molar-refractivity contribution < 1.29 is 9.84 Å². The second-order valence-electron chi connectivity index (χ2n) is 4.37. The summed E-state index contributed by atoms with van der Waals surface area (Å²) in [6.45, 7) is 1.90. The number of H-pyrrole nitrogens is 1. The number of imidazole rings is 1. The molecule has 2 N–H and O–H groups in total. The van der Waals surface area contributed by atoms with Crippen LogP contribution in [0.25, 0.3) is 22.6 Å². The Morgan fingerprint density at radius 1 is 1.30 bits per heavy atom. The van der Waals surface area contributed by atoms with Gasteiger partial charge in [0.05, 0.1) is 23.9 Å². The number of hydrogen-bond acceptors (Lipinski definition) is 4. The Morgan fingerprint density at radius 2 is 2.10 bits per heavy atom. The Hall–Kier alpha value is -2.08. The zero-order valence-electron chi connectivity index (χ0n) is 10.9. The summed E-state index contributed by atoms with van der Waals surface area (Å²) in [6, 6.07) is 7.19. The van der Waals surface area contributed by atoms with Crippen molar-refractivity contribution >= 4 is 27.1 Å². The molecule has 2 heterocycles. The van der Waals surface area contributed by atoms with Gasteiger partial charge in [-0.3, -0.25) is 0 Å². The van der Waals surface area contributed by atoms with Crippen LogP contribution < -0.4 is 4.74 Å². The molecule has 5 nitrogen and oxygen atoms in total. The van der Waals surface area contributed by atoms with E-state index in [-0.39, 0.29) is 5.75 Å². The number of fused-ring (bicyclic) bond motifs is 1. The lowest BCUT2D eigenvalue weighted by Gasteiger charge is -2.06. The molecule has 20 heavy (non-hydrogen) atoms. The number of aromatic hydroxyl groups is 1. The molecule has 0 spiro atoms. The molecule has 0 saturated carbocycles. The van der Waals surface area contributed by atoms with Gasteiger partial charge in [0.25, 0.3) is 0 Å². The number of aryl methyl sites for hydroxylation is 1. The number of aromatic amines is 1. The van der Waals surface area contributed by atoms with E-state index in [0.717, 1.165) is 15.7 Å². The van der Waals surface area contributed by atoms with Crippen molar-refractivity contribution in [3.05, 3.63) is 34.4 Å². The molecule has 3 rings (SSSR count). The maximum Gasteiger partial charge on any atom is 0.178 e. The van der Waals surface area contributed by atoms with Gasteiger partial charge in [-0.05, 0) is 41.1 Å². The summed E-state index contributed by atoms with van der Waals surface area (Å²) >= 11 is 3.44. The van der Waals surface area contributed by atoms with Crippen LogP contribution in [-0.4, -0.2) is 27.2 Å². The lowest BCUT2D eigenvalue weighted by Crippen LogP contribution is -1.87. The third-order valence-electron chi connectivity index (χ3n) is 3.08. The van der Waals surface area contributed by atoms with Crippen LogP contribution in [0.4, 0.5) is 0 Å². The van der Waals surface area contributed by atoms with Crippen LogP contribution in [0, 0.1) is 6.92 Å². The molecule has 0 aliphatic heterocycles. The topological polar surface area (TPSA) is 71.0 Å². The molecule has 1 aromatic carbocycles. The molecular formula is C14H12BrN3O2. The number of hydrogen-bond donors (Lipinski definition) is 2. The van der Waals surface area contributed by atoms with Crippen LogP contribution in [0.1, 0.15) is 5.69 Å². The van der Waals surface area contributed by atoms with Gasteiger partial charge in [-0.15, -0.1) is 0 Å². The smallest absolute Gasteiger partial charge is 0.178 e. The number of aromatic nitrogens is 3. The second-order valence-corrected chi connectivity index (χ2v) is 5.22. The van der Waals surface area contributed by atoms with Gasteiger partial charge in [-0.2, -0.15) is 0 Å². The molecule has 3 aromatic rings. The maximum absolute atomic E-state index is 10.2. The normalized spacial score (nSPS) is 10.9. The number of nitrogens with one attached hydrogen (secondary N) is 1. The zero-order chi connectivity index (χ0) is 14.3. The van der Waals surface area contributed by atoms with Gasteiger partial charge in [0, 0.05) is 4.47 Å². The second kappa shape index (κ2) is 4.79. The number of phenolic OH excluding ortho intramolecular Hbond substituents is 1. The minimum absolute atomic E-state index is 0.0600. The number of ether oxygens (including phenoxy) is 1. The summed E-state index contributed by atoms with van der Waals surface area (Å²) in [6.07, 6.45) is 0. The summed E-state index contributed by atoms with van der Waals surface area (Å²) in [5.41, 5.74) is 2.86. The van der Waals surface area contributed by atoms with Gasteiger partial charge >= 0.3 is 0 Å². The average molecular weight is 334 g/mol. The zero-order valence-corrected chi connectivity index (χ0v) is 12.5. The van der Waals surface area contributed by atoms with Crippen LogP contribution in [0.3, 0.4) is 0 Å². The van der Waals surface area contributed by atoms with Gasteiger partial charge < -0.3 is 14.8 Å². The largest absolute Gasteiger partial charge is 0.504 e. The number of rotatable bonds is 2. The number of pyridine rings is 1. The molecule has 0 aliphatic carbocycles. The van der Waals surface area contributed by atoms with Gasteiger partial charge in [0.2, 0.25) is 0 Å². The molecule has 102 valence electrons. The van der Waals surface area contributed by atoms with Crippen LogP contribution >= 0.6 is 15.9 Å². The van der Waals surface area contributed by atoms with Gasteiger partial charge in [0.1, 0.15) is 5.82 Å². The van der Waals surface area contributed by atoms with Crippen LogP contribution in [-0.2, 0) is 0 Å². The van der Waals surface area contributed by atoms with E-state index in [1.807, 2.05) is 13.0 Å². The van der Waals surface area contributed by atoms with Gasteiger partial charge in [-0.1, -0.05) is 6.07 Å². The molecule has 0 radical (unpaired) electrons. The van der Waals surface area contributed by atoms with E-state index in [9.17, 15) is 5.11 Å². The third kappa shape index (κ3) is 2.02. The van der Waals surface area contributed by atoms with E-state index < -0.39 is 0 Å². The Morgan fingerprint density at radius 3 is 2.85 bits per heavy atom. The average Bonchev–Trinajstić information content (AvgIpc) is 2.82. The summed E-state index contributed by atoms with van der Waals surface area (Å²) < 4.78 is 6.02. The first-order chi connectivity index (χ1) is 9.60. The first kappa shape index (κ1) is 12.9. The Balaban J connectivity index is 2.20. The molecule has 0 aliphatic rings. The highest BCUT2D eigenvalue weighted by Gasteiger charge is 2.14. The van der Waals surface area contributed by atoms with Crippen molar-refractivity contribution in [1.29, 1.82) is 0 Å². The van der Waals surface area contributed by atoms with E-state index in [0.29, 0.717) is 22.8 Å². The third-order valence-corrected chi connectivity index (χ3v) is 3.88. The Bertz CT molecular complexity index is 759. The molecule has 0 saturated heterocycles. The van der Waals surface area contributed by atoms with E-state index in [4.69, 9.17) is 4.74 Å². The summed E-state index contributed by atoms with van der Waals surface area (Å²) in [4.78, 5) is 12.0. The molecule has 0 atom stereocenters. The fourth-order valence-electron chi connectivity index (χ4n) is 2.01. The van der Waals surface area contributed by atoms with Crippen molar-refractivity contribution in [3.63, 3.8) is 0 Å².